The number of halogens is 3. The maximum absolute atomic E-state index is 5.90. The Kier molecular flexibility index (Phi) is 3.29. The van der Waals surface area contributed by atoms with Crippen molar-refractivity contribution in [1.82, 2.24) is 15.0 Å². The normalized spacial score (nSPS) is 10.6. The third-order valence-electron chi connectivity index (χ3n) is 1.90. The number of hydrogen-bond acceptors (Lipinski definition) is 2. The molecule has 0 spiro atoms. The average Bonchev–Trinajstić information content (AvgIpc) is 2.70. The van der Waals surface area contributed by atoms with Crippen LogP contribution in [0.4, 0.5) is 0 Å². The Balaban J connectivity index is 2.50. The number of rotatable bonds is 2. The Morgan fingerprint density at radius 1 is 1.40 bits per heavy atom. The lowest BCUT2D eigenvalue weighted by Crippen LogP contribution is -2.00. The van der Waals surface area contributed by atoms with Gasteiger partial charge >= 0.3 is 0 Å². The highest BCUT2D eigenvalue weighted by molar-refractivity contribution is 9.10. The van der Waals surface area contributed by atoms with Gasteiger partial charge in [0.1, 0.15) is 0 Å². The predicted octanol–water partition coefficient (Wildman–Crippen LogP) is 3.42. The molecule has 0 unspecified atom stereocenters. The maximum Gasteiger partial charge on any atom is 0.0793 e. The molecule has 0 radical (unpaired) electrons. The summed E-state index contributed by atoms with van der Waals surface area (Å²) in [5.74, 6) is 0.368. The van der Waals surface area contributed by atoms with Crippen LogP contribution in [-0.4, -0.2) is 15.0 Å². The topological polar surface area (TPSA) is 30.7 Å². The first-order chi connectivity index (χ1) is 7.22. The lowest BCUT2D eigenvalue weighted by Gasteiger charge is -2.04. The Morgan fingerprint density at radius 3 is 2.87 bits per heavy atom. The van der Waals surface area contributed by atoms with Crippen molar-refractivity contribution >= 4 is 39.1 Å². The monoisotopic (exact) mass is 305 g/mol. The SMILES string of the molecule is ClCc1cnnn1-c1ccc(Cl)c(Br)c1. The fraction of sp³-hybridized carbons (Fsp3) is 0.111. The summed E-state index contributed by atoms with van der Waals surface area (Å²) in [4.78, 5) is 0. The number of alkyl halides is 1. The number of hydrogen-bond donors (Lipinski definition) is 0. The van der Waals surface area contributed by atoms with Crippen molar-refractivity contribution in [2.45, 2.75) is 5.88 Å². The van der Waals surface area contributed by atoms with Gasteiger partial charge in [-0.05, 0) is 34.1 Å². The van der Waals surface area contributed by atoms with Gasteiger partial charge in [-0.3, -0.25) is 0 Å². The Morgan fingerprint density at radius 2 is 2.20 bits per heavy atom. The molecule has 0 aliphatic rings. The van der Waals surface area contributed by atoms with Crippen molar-refractivity contribution in [2.24, 2.45) is 0 Å². The summed E-state index contributed by atoms with van der Waals surface area (Å²) in [6.07, 6.45) is 1.63. The fourth-order valence-corrected chi connectivity index (χ4v) is 1.85. The van der Waals surface area contributed by atoms with Crippen molar-refractivity contribution in [3.63, 3.8) is 0 Å². The second-order valence-corrected chi connectivity index (χ2v) is 4.40. The Labute approximate surface area is 105 Å². The molecule has 0 amide bonds. The highest BCUT2D eigenvalue weighted by Gasteiger charge is 2.06. The number of aromatic nitrogens is 3. The van der Waals surface area contributed by atoms with E-state index in [4.69, 9.17) is 23.2 Å². The van der Waals surface area contributed by atoms with E-state index in [9.17, 15) is 0 Å². The first-order valence-electron chi connectivity index (χ1n) is 4.13. The Hall–Kier alpha value is -0.580. The van der Waals surface area contributed by atoms with Crippen molar-refractivity contribution in [2.75, 3.05) is 0 Å². The van der Waals surface area contributed by atoms with Crippen molar-refractivity contribution in [3.05, 3.63) is 39.6 Å². The summed E-state index contributed by atoms with van der Waals surface area (Å²) < 4.78 is 2.49. The molecule has 6 heteroatoms. The lowest BCUT2D eigenvalue weighted by molar-refractivity contribution is 0.781. The minimum absolute atomic E-state index is 0.368. The zero-order valence-electron chi connectivity index (χ0n) is 7.49. The first-order valence-corrected chi connectivity index (χ1v) is 5.84. The molecule has 0 atom stereocenters. The molecule has 1 heterocycles. The molecular weight excluding hydrogens is 301 g/mol. The molecule has 0 saturated carbocycles. The van der Waals surface area contributed by atoms with Gasteiger partial charge in [-0.1, -0.05) is 16.8 Å². The van der Waals surface area contributed by atoms with E-state index in [1.165, 1.54) is 0 Å². The number of nitrogens with zero attached hydrogens (tertiary/aromatic N) is 3. The van der Waals surface area contributed by atoms with Gasteiger partial charge in [0.2, 0.25) is 0 Å². The van der Waals surface area contributed by atoms with E-state index in [1.54, 1.807) is 16.9 Å². The van der Waals surface area contributed by atoms with Crippen molar-refractivity contribution in [3.8, 4) is 5.69 Å². The summed E-state index contributed by atoms with van der Waals surface area (Å²) in [6, 6.07) is 5.52. The van der Waals surface area contributed by atoms with Crippen molar-refractivity contribution in [1.29, 1.82) is 0 Å². The lowest BCUT2D eigenvalue weighted by atomic mass is 10.3. The van der Waals surface area contributed by atoms with E-state index in [0.717, 1.165) is 15.9 Å². The third kappa shape index (κ3) is 2.17. The van der Waals surface area contributed by atoms with Crippen LogP contribution < -0.4 is 0 Å². The molecular formula is C9H6BrCl2N3. The summed E-state index contributed by atoms with van der Waals surface area (Å²) in [6.45, 7) is 0. The molecule has 3 nitrogen and oxygen atoms in total. The zero-order valence-corrected chi connectivity index (χ0v) is 10.6. The molecule has 0 saturated heterocycles. The molecule has 15 heavy (non-hydrogen) atoms. The van der Waals surface area contributed by atoms with Gasteiger partial charge in [-0.2, -0.15) is 0 Å². The number of benzene rings is 1. The van der Waals surface area contributed by atoms with E-state index in [1.807, 2.05) is 12.1 Å². The van der Waals surface area contributed by atoms with Gasteiger partial charge in [0.15, 0.2) is 0 Å². The van der Waals surface area contributed by atoms with Crippen molar-refractivity contribution < 1.29 is 0 Å². The first kappa shape index (κ1) is 10.9. The average molecular weight is 307 g/mol. The van der Waals surface area contributed by atoms with Crippen LogP contribution in [0.2, 0.25) is 5.02 Å². The van der Waals surface area contributed by atoms with E-state index < -0.39 is 0 Å². The second kappa shape index (κ2) is 4.51. The zero-order chi connectivity index (χ0) is 10.8. The summed E-state index contributed by atoms with van der Waals surface area (Å²) in [5, 5.41) is 8.41. The quantitative estimate of drug-likeness (QED) is 0.796. The van der Waals surface area contributed by atoms with Gasteiger partial charge in [0, 0.05) is 4.47 Å². The van der Waals surface area contributed by atoms with E-state index >= 15 is 0 Å². The van der Waals surface area contributed by atoms with Crippen LogP contribution in [0.15, 0.2) is 28.9 Å². The third-order valence-corrected chi connectivity index (χ3v) is 3.39. The Bertz CT molecular complexity index is 484. The fourth-order valence-electron chi connectivity index (χ4n) is 1.18. The molecule has 2 aromatic rings. The highest BCUT2D eigenvalue weighted by Crippen LogP contribution is 2.25. The van der Waals surface area contributed by atoms with Gasteiger partial charge in [0.05, 0.1) is 28.5 Å². The summed E-state index contributed by atoms with van der Waals surface area (Å²) in [5.41, 5.74) is 1.71. The van der Waals surface area contributed by atoms with Gasteiger partial charge < -0.3 is 0 Å². The molecule has 2 rings (SSSR count). The predicted molar refractivity (Wildman–Crippen MR) is 63.6 cm³/mol. The van der Waals surface area contributed by atoms with Gasteiger partial charge in [-0.15, -0.1) is 16.7 Å². The molecule has 0 aliphatic heterocycles. The summed E-state index contributed by atoms with van der Waals surface area (Å²) >= 11 is 15.0. The second-order valence-electron chi connectivity index (χ2n) is 2.87. The van der Waals surface area contributed by atoms with Gasteiger partial charge in [-0.25, -0.2) is 4.68 Å². The molecule has 1 aromatic carbocycles. The molecule has 1 aromatic heterocycles. The van der Waals surface area contributed by atoms with E-state index in [-0.39, 0.29) is 0 Å². The molecule has 0 N–H and O–H groups in total. The van der Waals surface area contributed by atoms with Crippen LogP contribution in [0.3, 0.4) is 0 Å². The van der Waals surface area contributed by atoms with Crippen LogP contribution in [-0.2, 0) is 5.88 Å². The largest absolute Gasteiger partial charge is 0.216 e. The van der Waals surface area contributed by atoms with Gasteiger partial charge in [0.25, 0.3) is 0 Å². The van der Waals surface area contributed by atoms with Crippen LogP contribution in [0, 0.1) is 0 Å². The van der Waals surface area contributed by atoms with Crippen LogP contribution in [0.25, 0.3) is 5.69 Å². The van der Waals surface area contributed by atoms with Crippen LogP contribution in [0.1, 0.15) is 5.69 Å². The smallest absolute Gasteiger partial charge is 0.0793 e. The molecule has 78 valence electrons. The van der Waals surface area contributed by atoms with E-state index in [0.29, 0.717) is 10.9 Å². The highest BCUT2D eigenvalue weighted by atomic mass is 79.9. The molecule has 0 fully saturated rings. The maximum atomic E-state index is 5.90. The van der Waals surface area contributed by atoms with E-state index in [2.05, 4.69) is 26.2 Å². The molecule has 0 aliphatic carbocycles. The van der Waals surface area contributed by atoms with Crippen LogP contribution >= 0.6 is 39.1 Å². The molecule has 0 bridgehead atoms. The standard InChI is InChI=1S/C9H6BrCl2N3/c10-8-3-6(1-2-9(8)12)15-7(4-11)5-13-14-15/h1-3,5H,4H2. The summed E-state index contributed by atoms with van der Waals surface area (Å²) in [7, 11) is 0. The minimum atomic E-state index is 0.368. The minimum Gasteiger partial charge on any atom is -0.216 e. The van der Waals surface area contributed by atoms with Crippen LogP contribution in [0.5, 0.6) is 0 Å².